The van der Waals surface area contributed by atoms with Gasteiger partial charge in [-0.1, -0.05) is 78.9 Å². The van der Waals surface area contributed by atoms with Crippen molar-refractivity contribution in [2.45, 2.75) is 49.9 Å². The predicted octanol–water partition coefficient (Wildman–Crippen LogP) is 7.15. The monoisotopic (exact) mass is 584 g/mol. The Hall–Kier alpha value is -4.19. The molecule has 0 aliphatic carbocycles. The van der Waals surface area contributed by atoms with Crippen LogP contribution in [0.2, 0.25) is 0 Å². The number of aromatic amines is 1. The first kappa shape index (κ1) is 29.9. The summed E-state index contributed by atoms with van der Waals surface area (Å²) in [5.74, 6) is -0.0331. The van der Waals surface area contributed by atoms with E-state index in [9.17, 15) is 4.79 Å². The molecular formula is C39H44N4O. The Bertz CT molecular complexity index is 1630. The number of carbonyl (C=O) groups excluding carboxylic acids is 1. The summed E-state index contributed by atoms with van der Waals surface area (Å²) in [5.41, 5.74) is 8.16. The second kappa shape index (κ2) is 13.6. The van der Waals surface area contributed by atoms with Gasteiger partial charge in [-0.2, -0.15) is 0 Å². The standard InChI is InChI=1S/C20H22N2.C19H22N2O/c1-2-4-16(5-3-1)8-10-20(11-13-21-15-20)18-6-7-19-17(14-18)9-12-22-19;1-15(22)21-18-9-7-17(8-10-18)19(11-12-20-14-19)13-16-5-3-2-4-6-16/h1-7,9,12,14,21-22H,8,10-11,13,15H2;2-10,20H,11-14H2,1H3,(H,21,22)/t20-;/m0./s1. The SMILES string of the molecule is CC(=O)Nc1ccc(C2(Cc3ccccc3)CCNC2)cc1.c1ccc(CC[C@]2(c3ccc4[nH]ccc4c3)CCNC2)cc1. The summed E-state index contributed by atoms with van der Waals surface area (Å²) in [6, 6.07) is 38.9. The van der Waals surface area contributed by atoms with Crippen LogP contribution in [0.1, 0.15) is 48.4 Å². The molecule has 2 fully saturated rings. The van der Waals surface area contributed by atoms with Crippen LogP contribution in [0.3, 0.4) is 0 Å². The molecule has 5 nitrogen and oxygen atoms in total. The molecule has 1 unspecified atom stereocenters. The van der Waals surface area contributed by atoms with Crippen molar-refractivity contribution >= 4 is 22.5 Å². The Morgan fingerprint density at radius 3 is 2.00 bits per heavy atom. The number of amides is 1. The number of rotatable bonds is 8. The molecule has 5 aromatic rings. The van der Waals surface area contributed by atoms with Gasteiger partial charge in [0.2, 0.25) is 5.91 Å². The second-order valence-corrected chi connectivity index (χ2v) is 12.6. The Labute approximate surface area is 261 Å². The Kier molecular flexibility index (Phi) is 9.25. The smallest absolute Gasteiger partial charge is 0.221 e. The van der Waals surface area contributed by atoms with Crippen molar-refractivity contribution in [2.75, 3.05) is 31.5 Å². The van der Waals surface area contributed by atoms with E-state index in [2.05, 4.69) is 118 Å². The lowest BCUT2D eigenvalue weighted by Crippen LogP contribution is -2.31. The van der Waals surface area contributed by atoms with Gasteiger partial charge in [-0.05, 0) is 103 Å². The van der Waals surface area contributed by atoms with E-state index in [1.165, 1.54) is 52.9 Å². The van der Waals surface area contributed by atoms with E-state index in [0.717, 1.165) is 51.1 Å². The van der Waals surface area contributed by atoms with Crippen molar-refractivity contribution in [2.24, 2.45) is 0 Å². The lowest BCUT2D eigenvalue weighted by molar-refractivity contribution is -0.114. The molecule has 0 bridgehead atoms. The summed E-state index contributed by atoms with van der Waals surface area (Å²) < 4.78 is 0. The van der Waals surface area contributed by atoms with Gasteiger partial charge < -0.3 is 20.9 Å². The number of H-pyrrole nitrogens is 1. The fourth-order valence-electron chi connectivity index (χ4n) is 7.10. The number of hydrogen-bond acceptors (Lipinski definition) is 3. The van der Waals surface area contributed by atoms with E-state index in [1.807, 2.05) is 18.3 Å². The quantitative estimate of drug-likeness (QED) is 0.157. The predicted molar refractivity (Wildman–Crippen MR) is 182 cm³/mol. The molecule has 5 heteroatoms. The molecule has 2 atom stereocenters. The fourth-order valence-corrected chi connectivity index (χ4v) is 7.10. The van der Waals surface area contributed by atoms with Gasteiger partial charge in [0.25, 0.3) is 0 Å². The molecule has 2 aliphatic heterocycles. The van der Waals surface area contributed by atoms with Crippen LogP contribution >= 0.6 is 0 Å². The number of benzene rings is 4. The third kappa shape index (κ3) is 6.96. The third-order valence-electron chi connectivity index (χ3n) is 9.59. The van der Waals surface area contributed by atoms with Gasteiger partial charge >= 0.3 is 0 Å². The van der Waals surface area contributed by atoms with E-state index in [0.29, 0.717) is 0 Å². The maximum absolute atomic E-state index is 11.1. The van der Waals surface area contributed by atoms with Gasteiger partial charge in [0.1, 0.15) is 0 Å². The highest BCUT2D eigenvalue weighted by atomic mass is 16.1. The molecule has 1 aromatic heterocycles. The van der Waals surface area contributed by atoms with Crippen molar-refractivity contribution < 1.29 is 4.79 Å². The molecule has 0 saturated carbocycles. The van der Waals surface area contributed by atoms with Crippen LogP contribution in [0.4, 0.5) is 5.69 Å². The third-order valence-corrected chi connectivity index (χ3v) is 9.59. The molecule has 226 valence electrons. The Morgan fingerprint density at radius 1 is 0.727 bits per heavy atom. The molecule has 7 rings (SSSR count). The zero-order valence-electron chi connectivity index (χ0n) is 25.7. The van der Waals surface area contributed by atoms with Crippen molar-refractivity contribution in [3.63, 3.8) is 0 Å². The molecule has 4 aromatic carbocycles. The summed E-state index contributed by atoms with van der Waals surface area (Å²) in [4.78, 5) is 14.4. The highest BCUT2D eigenvalue weighted by Crippen LogP contribution is 2.37. The number of anilines is 1. The zero-order valence-corrected chi connectivity index (χ0v) is 25.7. The highest BCUT2D eigenvalue weighted by Gasteiger charge is 2.36. The van der Waals surface area contributed by atoms with Gasteiger partial charge in [0.15, 0.2) is 0 Å². The normalized spacial score (nSPS) is 21.1. The first-order valence-corrected chi connectivity index (χ1v) is 16.0. The van der Waals surface area contributed by atoms with Gasteiger partial charge in [-0.15, -0.1) is 0 Å². The van der Waals surface area contributed by atoms with E-state index >= 15 is 0 Å². The lowest BCUT2D eigenvalue weighted by Gasteiger charge is -2.29. The molecule has 44 heavy (non-hydrogen) atoms. The van der Waals surface area contributed by atoms with Crippen LogP contribution in [0.25, 0.3) is 10.9 Å². The minimum absolute atomic E-state index is 0.0331. The Morgan fingerprint density at radius 2 is 1.36 bits per heavy atom. The maximum Gasteiger partial charge on any atom is 0.221 e. The molecule has 3 heterocycles. The topological polar surface area (TPSA) is 69.0 Å². The van der Waals surface area contributed by atoms with E-state index in [-0.39, 0.29) is 16.7 Å². The summed E-state index contributed by atoms with van der Waals surface area (Å²) in [6.45, 7) is 5.81. The maximum atomic E-state index is 11.1. The van der Waals surface area contributed by atoms with Crippen LogP contribution < -0.4 is 16.0 Å². The number of fused-ring (bicyclic) bond motifs is 1. The molecule has 0 radical (unpaired) electrons. The van der Waals surface area contributed by atoms with Crippen LogP contribution in [0.5, 0.6) is 0 Å². The van der Waals surface area contributed by atoms with E-state index in [4.69, 9.17) is 0 Å². The van der Waals surface area contributed by atoms with Gasteiger partial charge in [-0.25, -0.2) is 0 Å². The molecule has 2 aliphatic rings. The zero-order chi connectivity index (χ0) is 30.2. The van der Waals surface area contributed by atoms with E-state index < -0.39 is 0 Å². The second-order valence-electron chi connectivity index (χ2n) is 12.6. The summed E-state index contributed by atoms with van der Waals surface area (Å²) in [7, 11) is 0. The average Bonchev–Trinajstić information content (AvgIpc) is 3.84. The molecule has 0 spiro atoms. The fraction of sp³-hybridized carbons (Fsp3) is 0.308. The van der Waals surface area contributed by atoms with Gasteiger partial charge in [0, 0.05) is 48.2 Å². The largest absolute Gasteiger partial charge is 0.361 e. The summed E-state index contributed by atoms with van der Waals surface area (Å²) in [5, 5.41) is 11.2. The molecule has 2 saturated heterocycles. The van der Waals surface area contributed by atoms with Crippen molar-refractivity contribution in [3.8, 4) is 0 Å². The first-order valence-electron chi connectivity index (χ1n) is 16.0. The van der Waals surface area contributed by atoms with Gasteiger partial charge in [0.05, 0.1) is 0 Å². The van der Waals surface area contributed by atoms with Crippen LogP contribution in [-0.2, 0) is 28.5 Å². The van der Waals surface area contributed by atoms with Crippen molar-refractivity contribution in [1.29, 1.82) is 0 Å². The van der Waals surface area contributed by atoms with Crippen LogP contribution in [0.15, 0.2) is 115 Å². The number of aromatic nitrogens is 1. The van der Waals surface area contributed by atoms with Gasteiger partial charge in [-0.3, -0.25) is 4.79 Å². The molecule has 1 amide bonds. The van der Waals surface area contributed by atoms with Crippen LogP contribution in [0, 0.1) is 0 Å². The summed E-state index contributed by atoms with van der Waals surface area (Å²) in [6.07, 6.45) is 7.79. The lowest BCUT2D eigenvalue weighted by atomic mass is 9.75. The number of nitrogens with one attached hydrogen (secondary N) is 4. The average molecular weight is 585 g/mol. The highest BCUT2D eigenvalue weighted by molar-refractivity contribution is 5.88. The molecular weight excluding hydrogens is 540 g/mol. The number of aryl methyl sites for hydroxylation is 1. The van der Waals surface area contributed by atoms with Crippen molar-refractivity contribution in [1.82, 2.24) is 15.6 Å². The number of hydrogen-bond donors (Lipinski definition) is 4. The number of carbonyl (C=O) groups is 1. The minimum Gasteiger partial charge on any atom is -0.361 e. The van der Waals surface area contributed by atoms with Crippen molar-refractivity contribution in [3.05, 3.63) is 138 Å². The minimum atomic E-state index is -0.0331. The molecule has 4 N–H and O–H groups in total. The van der Waals surface area contributed by atoms with E-state index in [1.54, 1.807) is 0 Å². The first-order chi connectivity index (χ1) is 21.5. The van der Waals surface area contributed by atoms with Crippen LogP contribution in [-0.4, -0.2) is 37.1 Å². The summed E-state index contributed by atoms with van der Waals surface area (Å²) >= 11 is 0. The Balaban J connectivity index is 0.000000156.